The number of fused-ring (bicyclic) bond motifs is 1. The quantitative estimate of drug-likeness (QED) is 0.618. The molecule has 0 unspecified atom stereocenters. The van der Waals surface area contributed by atoms with Crippen molar-refractivity contribution in [1.82, 2.24) is 9.80 Å². The number of hydrogen-bond donors (Lipinski definition) is 1. The second kappa shape index (κ2) is 11.5. The fraction of sp³-hybridized carbons (Fsp3) is 0.864. The second-order valence-corrected chi connectivity index (χ2v) is 9.17. The van der Waals surface area contributed by atoms with Gasteiger partial charge in [0, 0.05) is 57.3 Å². The van der Waals surface area contributed by atoms with Gasteiger partial charge in [-0.3, -0.25) is 14.5 Å². The first-order valence-electron chi connectivity index (χ1n) is 11.5. The van der Waals surface area contributed by atoms with Gasteiger partial charge in [-0.15, -0.1) is 0 Å². The Morgan fingerprint density at radius 1 is 1.18 bits per heavy atom. The van der Waals surface area contributed by atoms with Gasteiger partial charge in [-0.2, -0.15) is 13.2 Å². The molecule has 2 atom stereocenters. The zero-order valence-corrected chi connectivity index (χ0v) is 19.5. The van der Waals surface area contributed by atoms with E-state index in [4.69, 9.17) is 19.4 Å². The molecular weight excluding hydrogens is 445 g/mol. The predicted molar refractivity (Wildman–Crippen MR) is 112 cm³/mol. The van der Waals surface area contributed by atoms with Crippen LogP contribution in [0.1, 0.15) is 46.5 Å². The molecule has 8 nitrogen and oxygen atoms in total. The third-order valence-electron chi connectivity index (χ3n) is 6.75. The maximum absolute atomic E-state index is 13.1. The van der Waals surface area contributed by atoms with E-state index >= 15 is 0 Å². The zero-order valence-electron chi connectivity index (χ0n) is 19.5. The minimum absolute atomic E-state index is 0.0616. The van der Waals surface area contributed by atoms with E-state index < -0.39 is 17.6 Å². The number of carbonyl (C=O) groups is 3. The van der Waals surface area contributed by atoms with Gasteiger partial charge in [0.05, 0.1) is 12.0 Å². The number of hydrogen-bond acceptors (Lipinski definition) is 6. The number of aliphatic carboxylic acids is 1. The van der Waals surface area contributed by atoms with Crippen LogP contribution in [0.5, 0.6) is 0 Å². The molecule has 3 heterocycles. The number of amides is 1. The first-order chi connectivity index (χ1) is 15.4. The molecule has 3 aliphatic heterocycles. The fourth-order valence-electron chi connectivity index (χ4n) is 4.88. The van der Waals surface area contributed by atoms with Crippen LogP contribution in [0, 0.1) is 17.3 Å². The first kappa shape index (κ1) is 27.4. The van der Waals surface area contributed by atoms with E-state index in [1.54, 1.807) is 0 Å². The summed E-state index contributed by atoms with van der Waals surface area (Å²) in [6.07, 6.45) is -1.75. The molecule has 0 aromatic heterocycles. The second-order valence-electron chi connectivity index (χ2n) is 9.17. The molecule has 190 valence electrons. The van der Waals surface area contributed by atoms with Gasteiger partial charge in [-0.1, -0.05) is 0 Å². The van der Waals surface area contributed by atoms with Crippen LogP contribution in [0.15, 0.2) is 0 Å². The number of carbonyl (C=O) groups excluding carboxylic acids is 2. The molecule has 3 fully saturated rings. The Hall–Kier alpha value is -1.88. The van der Waals surface area contributed by atoms with E-state index in [9.17, 15) is 22.8 Å². The van der Waals surface area contributed by atoms with Crippen molar-refractivity contribution in [2.45, 2.75) is 58.7 Å². The Kier molecular flexibility index (Phi) is 9.54. The van der Waals surface area contributed by atoms with Crippen molar-refractivity contribution in [3.8, 4) is 0 Å². The lowest BCUT2D eigenvalue weighted by atomic mass is 9.75. The molecule has 11 heteroatoms. The molecule has 1 N–H and O–H groups in total. The zero-order chi connectivity index (χ0) is 24.8. The Labute approximate surface area is 192 Å². The van der Waals surface area contributed by atoms with E-state index in [0.717, 1.165) is 45.3 Å². The van der Waals surface area contributed by atoms with Gasteiger partial charge in [-0.05, 0) is 46.5 Å². The standard InChI is InChI=1S/C20H34N2O4.C2HF3O2/c1-4-26-19(24)20-8-5-9-21(18(23)16-6-10-25-11-7-16)12-17(20)13-22(14-20)15(2)3;3-2(4,5)1(6)7/h15-17H,4-14H2,1-3H3;(H,6,7)/t17-,20-;/m0./s1. The Morgan fingerprint density at radius 3 is 2.30 bits per heavy atom. The summed E-state index contributed by atoms with van der Waals surface area (Å²) in [6.45, 7) is 11.1. The van der Waals surface area contributed by atoms with Gasteiger partial charge in [0.15, 0.2) is 0 Å². The third-order valence-corrected chi connectivity index (χ3v) is 6.75. The van der Waals surface area contributed by atoms with Crippen molar-refractivity contribution in [3.63, 3.8) is 0 Å². The van der Waals surface area contributed by atoms with Crippen molar-refractivity contribution in [2.75, 3.05) is 46.0 Å². The van der Waals surface area contributed by atoms with E-state index in [-0.39, 0.29) is 23.7 Å². The summed E-state index contributed by atoms with van der Waals surface area (Å²) in [5.41, 5.74) is -0.453. The average Bonchev–Trinajstić information content (AvgIpc) is 3.03. The number of likely N-dealkylation sites (tertiary alicyclic amines) is 2. The Morgan fingerprint density at radius 2 is 1.79 bits per heavy atom. The SMILES string of the molecule is CCOC(=O)[C@]12CCCN(C(=O)C3CCOCC3)C[C@H]1CN(C(C)C)C2.O=C(O)C(F)(F)F. The van der Waals surface area contributed by atoms with Crippen LogP contribution >= 0.6 is 0 Å². The molecule has 0 aliphatic carbocycles. The number of esters is 1. The van der Waals surface area contributed by atoms with E-state index in [1.807, 2.05) is 11.8 Å². The van der Waals surface area contributed by atoms with Crippen molar-refractivity contribution in [2.24, 2.45) is 17.3 Å². The van der Waals surface area contributed by atoms with Crippen molar-refractivity contribution >= 4 is 17.8 Å². The normalized spacial score (nSPS) is 26.8. The molecule has 0 saturated carbocycles. The molecule has 3 aliphatic rings. The number of carboxylic acid groups (broad SMARTS) is 1. The van der Waals surface area contributed by atoms with Gasteiger partial charge in [0.1, 0.15) is 0 Å². The Balaban J connectivity index is 0.000000479. The largest absolute Gasteiger partial charge is 0.490 e. The highest BCUT2D eigenvalue weighted by molar-refractivity contribution is 5.80. The lowest BCUT2D eigenvalue weighted by molar-refractivity contribution is -0.192. The molecule has 0 radical (unpaired) electrons. The van der Waals surface area contributed by atoms with E-state index in [0.29, 0.717) is 32.4 Å². The summed E-state index contributed by atoms with van der Waals surface area (Å²) in [5.74, 6) is -2.31. The highest BCUT2D eigenvalue weighted by Gasteiger charge is 2.55. The first-order valence-corrected chi connectivity index (χ1v) is 11.5. The van der Waals surface area contributed by atoms with E-state index in [2.05, 4.69) is 18.7 Å². The van der Waals surface area contributed by atoms with Crippen LogP contribution in [0.3, 0.4) is 0 Å². The average molecular weight is 481 g/mol. The summed E-state index contributed by atoms with van der Waals surface area (Å²) in [7, 11) is 0. The number of nitrogens with zero attached hydrogens (tertiary/aromatic N) is 2. The summed E-state index contributed by atoms with van der Waals surface area (Å²) in [5, 5.41) is 7.12. The van der Waals surface area contributed by atoms with Crippen LogP contribution in [0.2, 0.25) is 0 Å². The maximum atomic E-state index is 13.1. The smallest absolute Gasteiger partial charge is 0.475 e. The van der Waals surface area contributed by atoms with Crippen LogP contribution < -0.4 is 0 Å². The van der Waals surface area contributed by atoms with Crippen LogP contribution in [-0.2, 0) is 23.9 Å². The van der Waals surface area contributed by atoms with Gasteiger partial charge in [-0.25, -0.2) is 4.79 Å². The fourth-order valence-corrected chi connectivity index (χ4v) is 4.88. The van der Waals surface area contributed by atoms with Gasteiger partial charge in [0.2, 0.25) is 5.91 Å². The maximum Gasteiger partial charge on any atom is 0.490 e. The lowest BCUT2D eigenvalue weighted by Crippen LogP contribution is -2.45. The molecule has 0 aromatic carbocycles. The Bertz CT molecular complexity index is 696. The predicted octanol–water partition coefficient (Wildman–Crippen LogP) is 2.56. The van der Waals surface area contributed by atoms with Crippen LogP contribution in [0.4, 0.5) is 13.2 Å². The highest BCUT2D eigenvalue weighted by Crippen LogP contribution is 2.44. The number of carboxylic acids is 1. The summed E-state index contributed by atoms with van der Waals surface area (Å²) < 4.78 is 42.6. The van der Waals surface area contributed by atoms with Gasteiger partial charge >= 0.3 is 18.1 Å². The minimum Gasteiger partial charge on any atom is -0.475 e. The number of ether oxygens (including phenoxy) is 2. The third kappa shape index (κ3) is 6.81. The van der Waals surface area contributed by atoms with Crippen molar-refractivity contribution < 1.29 is 42.1 Å². The monoisotopic (exact) mass is 480 g/mol. The summed E-state index contributed by atoms with van der Waals surface area (Å²) >= 11 is 0. The van der Waals surface area contributed by atoms with Gasteiger partial charge < -0.3 is 19.5 Å². The van der Waals surface area contributed by atoms with E-state index in [1.165, 1.54) is 0 Å². The molecule has 0 spiro atoms. The molecular formula is C22H35F3N2O6. The molecule has 3 rings (SSSR count). The number of alkyl halides is 3. The summed E-state index contributed by atoms with van der Waals surface area (Å²) in [6, 6.07) is 0.396. The topological polar surface area (TPSA) is 96.4 Å². The van der Waals surface area contributed by atoms with Gasteiger partial charge in [0.25, 0.3) is 0 Å². The molecule has 3 saturated heterocycles. The lowest BCUT2D eigenvalue weighted by Gasteiger charge is -2.33. The number of halogens is 3. The minimum atomic E-state index is -5.08. The number of rotatable bonds is 4. The van der Waals surface area contributed by atoms with Crippen LogP contribution in [0.25, 0.3) is 0 Å². The molecule has 33 heavy (non-hydrogen) atoms. The van der Waals surface area contributed by atoms with Crippen LogP contribution in [-0.4, -0.2) is 91.0 Å². The summed E-state index contributed by atoms with van der Waals surface area (Å²) in [4.78, 5) is 39.3. The van der Waals surface area contributed by atoms with Crippen molar-refractivity contribution in [1.29, 1.82) is 0 Å². The molecule has 0 aromatic rings. The highest BCUT2D eigenvalue weighted by atomic mass is 19.4. The molecule has 1 amide bonds. The van der Waals surface area contributed by atoms with Crippen molar-refractivity contribution in [3.05, 3.63) is 0 Å². The molecule has 0 bridgehead atoms.